The third-order valence-electron chi connectivity index (χ3n) is 5.23. The summed E-state index contributed by atoms with van der Waals surface area (Å²) in [6.07, 6.45) is 0.990. The Bertz CT molecular complexity index is 1040. The Morgan fingerprint density at radius 1 is 1.13 bits per heavy atom. The maximum absolute atomic E-state index is 14.7. The van der Waals surface area contributed by atoms with Crippen LogP contribution in [0.1, 0.15) is 12.5 Å². The number of hydrogen-bond donors (Lipinski definition) is 1. The Morgan fingerprint density at radius 2 is 1.83 bits per heavy atom. The Labute approximate surface area is 175 Å². The first kappa shape index (κ1) is 22.0. The highest BCUT2D eigenvalue weighted by Crippen LogP contribution is 2.28. The van der Waals surface area contributed by atoms with Crippen LogP contribution in [0.25, 0.3) is 0 Å². The van der Waals surface area contributed by atoms with E-state index in [-0.39, 0.29) is 28.6 Å². The Morgan fingerprint density at radius 3 is 2.40 bits per heavy atom. The number of likely N-dealkylation sites (N-methyl/N-ethyl adjacent to an activating group) is 1. The smallest absolute Gasteiger partial charge is 0.270 e. The molecule has 1 aliphatic rings. The van der Waals surface area contributed by atoms with Crippen molar-refractivity contribution in [1.29, 1.82) is 0 Å². The normalized spacial score (nSPS) is 15.2. The number of nitrogens with zero attached hydrogens (tertiary/aromatic N) is 3. The van der Waals surface area contributed by atoms with Crippen LogP contribution in [0.4, 0.5) is 21.5 Å². The molecule has 1 fully saturated rings. The highest BCUT2D eigenvalue weighted by molar-refractivity contribution is 7.90. The van der Waals surface area contributed by atoms with Crippen LogP contribution in [0.2, 0.25) is 0 Å². The van der Waals surface area contributed by atoms with Gasteiger partial charge < -0.3 is 15.1 Å². The van der Waals surface area contributed by atoms with Gasteiger partial charge in [-0.3, -0.25) is 10.1 Å². The minimum Gasteiger partial charge on any atom is -0.380 e. The molecule has 0 atom stereocenters. The van der Waals surface area contributed by atoms with E-state index in [9.17, 15) is 22.9 Å². The first-order valence-corrected chi connectivity index (χ1v) is 11.6. The van der Waals surface area contributed by atoms with E-state index >= 15 is 0 Å². The number of nitrogens with one attached hydrogen (secondary N) is 1. The fourth-order valence-electron chi connectivity index (χ4n) is 3.50. The fraction of sp³-hybridized carbons (Fsp3) is 0.400. The van der Waals surface area contributed by atoms with Gasteiger partial charge in [0, 0.05) is 51.1 Å². The molecule has 0 amide bonds. The average molecular weight is 437 g/mol. The highest BCUT2D eigenvalue weighted by atomic mass is 32.2. The molecule has 30 heavy (non-hydrogen) atoms. The van der Waals surface area contributed by atoms with Gasteiger partial charge >= 0.3 is 0 Å². The molecule has 0 aliphatic carbocycles. The van der Waals surface area contributed by atoms with E-state index in [2.05, 4.69) is 17.1 Å². The van der Waals surface area contributed by atoms with Crippen molar-refractivity contribution in [2.75, 3.05) is 49.2 Å². The molecule has 0 spiro atoms. The highest BCUT2D eigenvalue weighted by Gasteiger charge is 2.20. The fourth-order valence-corrected chi connectivity index (χ4v) is 4.37. The number of halogens is 1. The van der Waals surface area contributed by atoms with Gasteiger partial charge in [-0.05, 0) is 30.3 Å². The molecule has 162 valence electrons. The van der Waals surface area contributed by atoms with Crippen molar-refractivity contribution < 1.29 is 17.7 Å². The number of hydrogen-bond acceptors (Lipinski definition) is 7. The van der Waals surface area contributed by atoms with Gasteiger partial charge in [-0.25, -0.2) is 12.8 Å². The Hall–Kier alpha value is -2.72. The number of nitro benzene ring substituents is 1. The summed E-state index contributed by atoms with van der Waals surface area (Å²) in [6.45, 7) is 6.60. The standard InChI is InChI=1S/C20H25FN4O4S/c1-3-23-8-10-24(11-9-23)19-7-4-15(12-17(19)21)14-22-18-6-5-16(25(26)27)13-20(18)30(2,28)29/h4-7,12-13,22H,3,8-11,14H2,1-2H3. The van der Waals surface area contributed by atoms with Crippen LogP contribution < -0.4 is 10.2 Å². The average Bonchev–Trinajstić information content (AvgIpc) is 2.71. The molecule has 2 aromatic carbocycles. The molecular weight excluding hydrogens is 411 g/mol. The molecule has 0 bridgehead atoms. The molecular formula is C20H25FN4O4S. The van der Waals surface area contributed by atoms with E-state index in [4.69, 9.17) is 0 Å². The summed E-state index contributed by atoms with van der Waals surface area (Å²) in [5.41, 5.74) is 1.13. The molecule has 1 heterocycles. The number of anilines is 2. The summed E-state index contributed by atoms with van der Waals surface area (Å²) < 4.78 is 38.7. The maximum atomic E-state index is 14.7. The number of nitro groups is 1. The van der Waals surface area contributed by atoms with Crippen molar-refractivity contribution in [2.24, 2.45) is 0 Å². The minimum atomic E-state index is -3.68. The van der Waals surface area contributed by atoms with Crippen LogP contribution in [0.15, 0.2) is 41.3 Å². The largest absolute Gasteiger partial charge is 0.380 e. The van der Waals surface area contributed by atoms with Crippen LogP contribution in [-0.4, -0.2) is 57.2 Å². The predicted octanol–water partition coefficient (Wildman–Crippen LogP) is 2.89. The lowest BCUT2D eigenvalue weighted by Gasteiger charge is -2.35. The SMILES string of the molecule is CCN1CCN(c2ccc(CNc3ccc([N+](=O)[O-])cc3S(C)(=O)=O)cc2F)CC1. The summed E-state index contributed by atoms with van der Waals surface area (Å²) in [5.74, 6) is -0.328. The van der Waals surface area contributed by atoms with Gasteiger partial charge in [0.25, 0.3) is 5.69 Å². The van der Waals surface area contributed by atoms with Crippen molar-refractivity contribution in [2.45, 2.75) is 18.4 Å². The molecule has 1 saturated heterocycles. The molecule has 0 radical (unpaired) electrons. The molecule has 0 saturated carbocycles. The molecule has 0 unspecified atom stereocenters. The van der Waals surface area contributed by atoms with Crippen molar-refractivity contribution in [3.05, 3.63) is 57.9 Å². The van der Waals surface area contributed by atoms with E-state index in [0.29, 0.717) is 11.3 Å². The van der Waals surface area contributed by atoms with E-state index in [1.165, 1.54) is 18.2 Å². The van der Waals surface area contributed by atoms with Crippen LogP contribution >= 0.6 is 0 Å². The van der Waals surface area contributed by atoms with Gasteiger partial charge in [-0.1, -0.05) is 13.0 Å². The zero-order chi connectivity index (χ0) is 21.9. The lowest BCUT2D eigenvalue weighted by Crippen LogP contribution is -2.46. The summed E-state index contributed by atoms with van der Waals surface area (Å²) in [4.78, 5) is 14.5. The van der Waals surface area contributed by atoms with Gasteiger partial charge in [0.1, 0.15) is 5.82 Å². The number of sulfone groups is 1. The van der Waals surface area contributed by atoms with Crippen LogP contribution in [0, 0.1) is 15.9 Å². The van der Waals surface area contributed by atoms with Gasteiger partial charge in [0.2, 0.25) is 0 Å². The van der Waals surface area contributed by atoms with Gasteiger partial charge in [-0.15, -0.1) is 0 Å². The van der Waals surface area contributed by atoms with Crippen LogP contribution in [0.3, 0.4) is 0 Å². The summed E-state index contributed by atoms with van der Waals surface area (Å²) in [5, 5.41) is 13.9. The minimum absolute atomic E-state index is 0.164. The van der Waals surface area contributed by atoms with Crippen molar-refractivity contribution >= 4 is 26.9 Å². The van der Waals surface area contributed by atoms with Gasteiger partial charge in [0.15, 0.2) is 9.84 Å². The van der Waals surface area contributed by atoms with E-state index < -0.39 is 14.8 Å². The Kier molecular flexibility index (Phi) is 6.57. The molecule has 8 nitrogen and oxygen atoms in total. The quantitative estimate of drug-likeness (QED) is 0.527. The molecule has 2 aromatic rings. The second-order valence-electron chi connectivity index (χ2n) is 7.27. The monoisotopic (exact) mass is 436 g/mol. The summed E-state index contributed by atoms with van der Waals surface area (Å²) >= 11 is 0. The molecule has 1 aliphatic heterocycles. The van der Waals surface area contributed by atoms with Crippen LogP contribution in [0.5, 0.6) is 0 Å². The second kappa shape index (κ2) is 8.97. The number of rotatable bonds is 7. The zero-order valence-electron chi connectivity index (χ0n) is 17.0. The topological polar surface area (TPSA) is 95.8 Å². The number of non-ortho nitro benzene ring substituents is 1. The molecule has 0 aromatic heterocycles. The third kappa shape index (κ3) is 5.06. The summed E-state index contributed by atoms with van der Waals surface area (Å²) in [7, 11) is -3.68. The van der Waals surface area contributed by atoms with Crippen molar-refractivity contribution in [1.82, 2.24) is 4.90 Å². The Balaban J connectivity index is 1.74. The van der Waals surface area contributed by atoms with E-state index in [1.54, 1.807) is 12.1 Å². The van der Waals surface area contributed by atoms with Crippen molar-refractivity contribution in [3.63, 3.8) is 0 Å². The molecule has 3 rings (SSSR count). The molecule has 1 N–H and O–H groups in total. The summed E-state index contributed by atoms with van der Waals surface area (Å²) in [6, 6.07) is 8.57. The lowest BCUT2D eigenvalue weighted by molar-refractivity contribution is -0.385. The lowest BCUT2D eigenvalue weighted by atomic mass is 10.1. The van der Waals surface area contributed by atoms with Gasteiger partial charge in [0.05, 0.1) is 21.2 Å². The zero-order valence-corrected chi connectivity index (χ0v) is 17.8. The predicted molar refractivity (Wildman–Crippen MR) is 114 cm³/mol. The van der Waals surface area contributed by atoms with Gasteiger partial charge in [-0.2, -0.15) is 0 Å². The van der Waals surface area contributed by atoms with E-state index in [1.807, 2.05) is 4.90 Å². The number of benzene rings is 2. The molecule has 10 heteroatoms. The van der Waals surface area contributed by atoms with Crippen LogP contribution in [-0.2, 0) is 16.4 Å². The maximum Gasteiger partial charge on any atom is 0.270 e. The van der Waals surface area contributed by atoms with E-state index in [0.717, 1.165) is 45.0 Å². The second-order valence-corrected chi connectivity index (χ2v) is 9.25. The van der Waals surface area contributed by atoms with Crippen molar-refractivity contribution in [3.8, 4) is 0 Å². The third-order valence-corrected chi connectivity index (χ3v) is 6.37. The first-order valence-electron chi connectivity index (χ1n) is 9.67. The first-order chi connectivity index (χ1) is 14.2. The number of piperazine rings is 1.